The Morgan fingerprint density at radius 2 is 1.48 bits per heavy atom. The van der Waals surface area contributed by atoms with Crippen LogP contribution in [0.25, 0.3) is 0 Å². The monoisotopic (exact) mass is 943 g/mol. The van der Waals surface area contributed by atoms with Crippen molar-refractivity contribution in [1.29, 1.82) is 0 Å². The number of allylic oxidation sites excluding steroid dienone is 6. The number of carboxylic acids is 1. The summed E-state index contributed by atoms with van der Waals surface area (Å²) in [5, 5.41) is 12.5. The van der Waals surface area contributed by atoms with Gasteiger partial charge in [0.15, 0.2) is 11.5 Å². The molecule has 2 aromatic carbocycles. The van der Waals surface area contributed by atoms with E-state index in [9.17, 15) is 58.4 Å². The molecule has 19 nitrogen and oxygen atoms in total. The van der Waals surface area contributed by atoms with Gasteiger partial charge in [-0.2, -0.15) is 21.4 Å². The number of Topliss-reactive ketones (excluding diaryl/α,β-unsaturated/α-hetero) is 1. The summed E-state index contributed by atoms with van der Waals surface area (Å²) < 4.78 is 126. The van der Waals surface area contributed by atoms with Crippen LogP contribution in [0.4, 0.5) is 11.4 Å². The Kier molecular flexibility index (Phi) is 17.0. The summed E-state index contributed by atoms with van der Waals surface area (Å²) in [6.07, 6.45) is 9.21. The van der Waals surface area contributed by atoms with Gasteiger partial charge >= 0.3 is 16.6 Å². The third kappa shape index (κ3) is 13.5. The summed E-state index contributed by atoms with van der Waals surface area (Å²) in [4.78, 5) is 40.9. The van der Waals surface area contributed by atoms with Crippen molar-refractivity contribution in [2.75, 3.05) is 41.8 Å². The Bertz CT molecular complexity index is 2680. The first kappa shape index (κ1) is 51.4. The highest BCUT2D eigenvalue weighted by Crippen LogP contribution is 2.50. The summed E-state index contributed by atoms with van der Waals surface area (Å²) in [5.74, 6) is -4.02. The van der Waals surface area contributed by atoms with Crippen LogP contribution in [-0.4, -0.2) is 121 Å². The van der Waals surface area contributed by atoms with Crippen molar-refractivity contribution >= 4 is 75.7 Å². The van der Waals surface area contributed by atoms with Crippen LogP contribution in [0, 0.1) is 0 Å². The number of nitrogens with one attached hydrogen (secondary N) is 1. The predicted octanol–water partition coefficient (Wildman–Crippen LogP) is 3.36. The van der Waals surface area contributed by atoms with Gasteiger partial charge in [0.05, 0.1) is 38.2 Å². The first-order chi connectivity index (χ1) is 28.5. The maximum absolute atomic E-state index is 13.7. The molecular weight excluding hydrogens is 895 g/mol. The zero-order valence-electron chi connectivity index (χ0n) is 34.5. The average molecular weight is 944 g/mol. The van der Waals surface area contributed by atoms with E-state index in [0.717, 1.165) is 0 Å². The number of aromatic carboxylic acids is 1. The van der Waals surface area contributed by atoms with E-state index in [1.54, 1.807) is 53.5 Å². The molecule has 23 heteroatoms. The van der Waals surface area contributed by atoms with Crippen LogP contribution in [0.5, 0.6) is 0 Å². The standard InChI is InChI=1S/C39H49N3O13S3.O3S/c1-6-13-31(43)26-24-28(36(44)40-18-23-58(53,54)55)35-30(25-26)42(20-12-22-57(50,51)52)33(39(35,4)5)17-9-7-8-16-32-38(2,3)34-27(37(45)46)14-10-15-29(34)41(32)19-11-21-56(47,48)49;1-4(2)3/h7-10,14-17,24-25H,6,11-13,18-23H2,1-5H3,(H4-,40,44,45,46,47,48,49,50,51,52,53,54,55);. The van der Waals surface area contributed by atoms with Gasteiger partial charge in [-0.25, -0.2) is 13.2 Å². The molecule has 0 saturated heterocycles. The summed E-state index contributed by atoms with van der Waals surface area (Å²) in [7, 11) is -16.3. The Hall–Kier alpha value is -4.91. The minimum atomic E-state index is -4.59. The molecule has 2 aromatic rings. The number of carbonyl (C=O) groups excluding carboxylic acids is 2. The molecule has 2 aliphatic rings. The summed E-state index contributed by atoms with van der Waals surface area (Å²) >= 11 is 0. The summed E-state index contributed by atoms with van der Waals surface area (Å²) in [6.45, 7) is 8.88. The fraction of sp³-hybridized carbons (Fsp3) is 0.436. The lowest BCUT2D eigenvalue weighted by atomic mass is 9.79. The Balaban J connectivity index is 0.00000245. The largest absolute Gasteiger partial charge is 0.748 e. The molecule has 0 fully saturated rings. The number of rotatable bonds is 19. The quantitative estimate of drug-likeness (QED) is 0.0679. The van der Waals surface area contributed by atoms with Crippen LogP contribution in [0.3, 0.4) is 0 Å². The molecule has 2 heterocycles. The molecule has 62 heavy (non-hydrogen) atoms. The van der Waals surface area contributed by atoms with E-state index in [4.69, 9.17) is 12.6 Å². The van der Waals surface area contributed by atoms with Gasteiger partial charge in [-0.15, -0.1) is 12.6 Å². The molecule has 0 bridgehead atoms. The van der Waals surface area contributed by atoms with Crippen molar-refractivity contribution < 1.29 is 75.6 Å². The molecule has 340 valence electrons. The van der Waals surface area contributed by atoms with Crippen LogP contribution in [0.15, 0.2) is 66.4 Å². The van der Waals surface area contributed by atoms with E-state index in [2.05, 4.69) is 5.32 Å². The molecule has 1 amide bonds. The first-order valence-corrected chi connectivity index (χ1v) is 24.8. The van der Waals surface area contributed by atoms with Crippen molar-refractivity contribution in [3.8, 4) is 0 Å². The van der Waals surface area contributed by atoms with Gasteiger partial charge in [0.25, 0.3) is 26.1 Å². The smallest absolute Gasteiger partial charge is 0.425 e. The van der Waals surface area contributed by atoms with E-state index in [-0.39, 0.29) is 54.8 Å². The van der Waals surface area contributed by atoms with Gasteiger partial charge in [0, 0.05) is 77.3 Å². The van der Waals surface area contributed by atoms with Crippen LogP contribution in [0.1, 0.15) is 103 Å². The second-order valence-corrected chi connectivity index (χ2v) is 20.4. The molecular formula is C39H49N3O16S4. The molecule has 0 aliphatic carbocycles. The molecule has 4 N–H and O–H groups in total. The highest BCUT2D eigenvalue weighted by molar-refractivity contribution is 7.86. The second-order valence-electron chi connectivity index (χ2n) is 15.3. The van der Waals surface area contributed by atoms with Crippen LogP contribution >= 0.6 is 0 Å². The molecule has 0 spiro atoms. The molecule has 0 radical (unpaired) electrons. The van der Waals surface area contributed by atoms with Crippen LogP contribution in [0.2, 0.25) is 0 Å². The molecule has 0 unspecified atom stereocenters. The number of fused-ring (bicyclic) bond motifs is 2. The van der Waals surface area contributed by atoms with E-state index in [1.807, 2.05) is 39.2 Å². The van der Waals surface area contributed by atoms with Crippen LogP contribution < -0.4 is 10.2 Å². The lowest BCUT2D eigenvalue weighted by Crippen LogP contribution is -2.31. The Morgan fingerprint density at radius 3 is 2.05 bits per heavy atom. The van der Waals surface area contributed by atoms with Crippen molar-refractivity contribution in [3.05, 3.63) is 94.2 Å². The lowest BCUT2D eigenvalue weighted by Gasteiger charge is -2.27. The predicted molar refractivity (Wildman–Crippen MR) is 227 cm³/mol. The molecule has 2 aliphatic heterocycles. The third-order valence-corrected chi connectivity index (χ3v) is 12.4. The number of benzene rings is 2. The minimum absolute atomic E-state index is 0.0114. The van der Waals surface area contributed by atoms with Crippen LogP contribution in [-0.2, 0) is 51.8 Å². The topological polar surface area (TPSA) is 307 Å². The SMILES string of the molecule is CCCC(=O)c1cc(C(=O)NCCS(=O)(=O)O)c2c(c1)N(CCCS(=O)(=O)[O-])C(=CC=CC=CC1=[N+](CCCS(=O)(=O)O)c3cccc(C(=O)O)c3C1(C)C)C2(C)C.O=S(=O)=O. The maximum Gasteiger partial charge on any atom is 0.425 e. The van der Waals surface area contributed by atoms with E-state index < -0.39 is 87.5 Å². The number of hydrogen-bond donors (Lipinski definition) is 4. The van der Waals surface area contributed by atoms with Gasteiger partial charge < -0.3 is 19.9 Å². The van der Waals surface area contributed by atoms with Gasteiger partial charge in [0.1, 0.15) is 6.54 Å². The number of anilines is 1. The summed E-state index contributed by atoms with van der Waals surface area (Å²) in [5.41, 5.74) is 1.76. The van der Waals surface area contributed by atoms with E-state index in [0.29, 0.717) is 40.3 Å². The maximum atomic E-state index is 13.7. The number of carboxylic acid groups (broad SMARTS) is 1. The van der Waals surface area contributed by atoms with Gasteiger partial charge in [-0.05, 0) is 51.0 Å². The highest BCUT2D eigenvalue weighted by Gasteiger charge is 2.47. The van der Waals surface area contributed by atoms with Crippen molar-refractivity contribution in [2.45, 2.75) is 71.1 Å². The fourth-order valence-electron chi connectivity index (χ4n) is 7.63. The van der Waals surface area contributed by atoms with Crippen molar-refractivity contribution in [3.63, 3.8) is 0 Å². The number of carbonyl (C=O) groups is 3. The Labute approximate surface area is 362 Å². The normalized spacial score (nSPS) is 16.3. The molecule has 0 saturated carbocycles. The number of ketones is 1. The molecule has 0 aromatic heterocycles. The van der Waals surface area contributed by atoms with Gasteiger partial charge in [-0.3, -0.25) is 18.7 Å². The zero-order valence-corrected chi connectivity index (χ0v) is 37.8. The second kappa shape index (κ2) is 20.5. The summed E-state index contributed by atoms with van der Waals surface area (Å²) in [6, 6.07) is 7.88. The van der Waals surface area contributed by atoms with Gasteiger partial charge in [-0.1, -0.05) is 45.1 Å². The average Bonchev–Trinajstić information content (AvgIpc) is 3.47. The van der Waals surface area contributed by atoms with Gasteiger partial charge in [0.2, 0.25) is 5.69 Å². The third-order valence-electron chi connectivity index (χ3n) is 10.1. The fourth-order valence-corrected chi connectivity index (χ4v) is 8.96. The van der Waals surface area contributed by atoms with E-state index >= 15 is 0 Å². The minimum Gasteiger partial charge on any atom is -0.748 e. The highest BCUT2D eigenvalue weighted by atomic mass is 32.2. The zero-order chi connectivity index (χ0) is 47.0. The number of hydrogen-bond acceptors (Lipinski definition) is 14. The molecule has 4 rings (SSSR count). The molecule has 0 atom stereocenters. The van der Waals surface area contributed by atoms with Crippen molar-refractivity contribution in [1.82, 2.24) is 5.32 Å². The van der Waals surface area contributed by atoms with Crippen molar-refractivity contribution in [2.24, 2.45) is 0 Å². The number of nitrogens with zero attached hydrogens (tertiary/aromatic N) is 2. The lowest BCUT2D eigenvalue weighted by molar-refractivity contribution is -0.437. The van der Waals surface area contributed by atoms with E-state index in [1.165, 1.54) is 12.1 Å². The number of amides is 1. The Morgan fingerprint density at radius 1 is 0.855 bits per heavy atom. The first-order valence-electron chi connectivity index (χ1n) is 19.0.